The van der Waals surface area contributed by atoms with E-state index in [0.29, 0.717) is 24.9 Å². The van der Waals surface area contributed by atoms with Crippen LogP contribution in [0, 0.1) is 11.6 Å². The number of carboxylic acid groups (broad SMARTS) is 1. The largest absolute Gasteiger partial charge is 0.487 e. The molecule has 0 aliphatic carbocycles. The van der Waals surface area contributed by atoms with Crippen LogP contribution < -0.4 is 30.4 Å². The zero-order valence-corrected chi connectivity index (χ0v) is 23.9. The second-order valence-electron chi connectivity index (χ2n) is 11.3. The molecule has 232 valence electrons. The van der Waals surface area contributed by atoms with Crippen LogP contribution in [0.5, 0.6) is 11.5 Å². The lowest BCUT2D eigenvalue weighted by atomic mass is 10.0. The lowest BCUT2D eigenvalue weighted by Crippen LogP contribution is -2.43. The lowest BCUT2D eigenvalue weighted by Gasteiger charge is -2.37. The number of rotatable bonds is 7. The number of amides is 1. The molecule has 0 spiro atoms. The number of hydrogen-bond acceptors (Lipinski definition) is 9. The van der Waals surface area contributed by atoms with E-state index in [0.717, 1.165) is 12.1 Å². The van der Waals surface area contributed by atoms with Crippen LogP contribution in [-0.2, 0) is 9.53 Å². The maximum absolute atomic E-state index is 15.7. The van der Waals surface area contributed by atoms with Gasteiger partial charge in [0.1, 0.15) is 41.9 Å². The molecule has 6 rings (SSSR count). The van der Waals surface area contributed by atoms with Crippen LogP contribution in [0.3, 0.4) is 0 Å². The Morgan fingerprint density at radius 2 is 1.93 bits per heavy atom. The predicted octanol–water partition coefficient (Wildman–Crippen LogP) is 3.22. The Hall–Kier alpha value is -4.72. The average Bonchev–Trinajstić information content (AvgIpc) is 3.37. The Labute approximate surface area is 249 Å². The van der Waals surface area contributed by atoms with Crippen molar-refractivity contribution in [1.29, 1.82) is 0 Å². The molecule has 1 aromatic heterocycles. The first-order valence-electron chi connectivity index (χ1n) is 14.2. The zero-order valence-electron chi connectivity index (χ0n) is 23.9. The number of aromatic carboxylic acids is 1. The minimum atomic E-state index is -1.40. The summed E-state index contributed by atoms with van der Waals surface area (Å²) in [5.74, 6) is -3.13. The molecule has 0 bridgehead atoms. The van der Waals surface area contributed by atoms with E-state index in [1.165, 1.54) is 30.2 Å². The third kappa shape index (κ3) is 4.98. The summed E-state index contributed by atoms with van der Waals surface area (Å²) in [5.41, 5.74) is 5.20. The van der Waals surface area contributed by atoms with Gasteiger partial charge in [0.15, 0.2) is 23.1 Å². The molecule has 12 nitrogen and oxygen atoms in total. The number of nitrogens with two attached hydrogens (primary N) is 1. The molecule has 1 amide bonds. The first-order valence-corrected chi connectivity index (χ1v) is 14.2. The standard InChI is InChI=1S/C30H30F2N4O8/c1-14-13-42-28-25-18(27(38)19(29(39)40)11-35(14)25)9-21(32)26(28)34-7-3-4-17(10-34)43-22-6-5-16(8-20(22)31)36-12-23(44-30(36)41)24(33)15(2)37/h5-6,8-9,11,14,17,23-24H,3-4,7,10,12-13,33H2,1-2H3,(H,39,40). The number of piperidine rings is 1. The number of Topliss-reactive ketones (excluding diaryl/α,β-unsaturated/α-hetero) is 1. The smallest absolute Gasteiger partial charge is 0.414 e. The number of cyclic esters (lactones) is 1. The molecule has 3 aliphatic heterocycles. The van der Waals surface area contributed by atoms with Crippen molar-refractivity contribution in [3.63, 3.8) is 0 Å². The first kappa shape index (κ1) is 29.4. The van der Waals surface area contributed by atoms with Crippen molar-refractivity contribution >= 4 is 40.1 Å². The van der Waals surface area contributed by atoms with Crippen molar-refractivity contribution in [2.75, 3.05) is 36.0 Å². The number of pyridine rings is 1. The summed E-state index contributed by atoms with van der Waals surface area (Å²) in [6, 6.07) is 3.76. The second kappa shape index (κ2) is 11.1. The number of anilines is 2. The van der Waals surface area contributed by atoms with Gasteiger partial charge in [-0.25, -0.2) is 18.4 Å². The number of carboxylic acids is 1. The molecule has 4 unspecified atom stereocenters. The zero-order chi connectivity index (χ0) is 31.4. The normalized spacial score (nSPS) is 22.0. The molecule has 3 aliphatic rings. The molecule has 4 atom stereocenters. The SMILES string of the molecule is CC(=O)C(N)C1CN(c2ccc(OC3CCCN(c4c(F)cc5c(=O)c(C(=O)O)cn6c5c4OCC6C)C3)c(F)c2)C(=O)O1. The Balaban J connectivity index is 1.24. The molecule has 2 fully saturated rings. The van der Waals surface area contributed by atoms with Crippen molar-refractivity contribution in [2.45, 2.75) is 51.0 Å². The van der Waals surface area contributed by atoms with Gasteiger partial charge < -0.3 is 34.5 Å². The van der Waals surface area contributed by atoms with Gasteiger partial charge in [-0.2, -0.15) is 0 Å². The van der Waals surface area contributed by atoms with E-state index in [1.54, 1.807) is 16.4 Å². The Kier molecular flexibility index (Phi) is 7.40. The van der Waals surface area contributed by atoms with Crippen LogP contribution in [0.4, 0.5) is 25.0 Å². The number of carbonyl (C=O) groups is 3. The number of aromatic nitrogens is 1. The lowest BCUT2D eigenvalue weighted by molar-refractivity contribution is -0.120. The summed E-state index contributed by atoms with van der Waals surface area (Å²) in [7, 11) is 0. The van der Waals surface area contributed by atoms with E-state index < -0.39 is 52.9 Å². The number of nitrogens with zero attached hydrogens (tertiary/aromatic N) is 3. The fraction of sp³-hybridized carbons (Fsp3) is 0.400. The van der Waals surface area contributed by atoms with Crippen LogP contribution in [0.15, 0.2) is 35.3 Å². The van der Waals surface area contributed by atoms with Crippen molar-refractivity contribution in [2.24, 2.45) is 5.73 Å². The van der Waals surface area contributed by atoms with E-state index in [1.807, 2.05) is 0 Å². The summed E-state index contributed by atoms with van der Waals surface area (Å²) in [6.45, 7) is 3.84. The summed E-state index contributed by atoms with van der Waals surface area (Å²) in [4.78, 5) is 51.5. The summed E-state index contributed by atoms with van der Waals surface area (Å²) in [5, 5.41) is 9.43. The number of benzene rings is 2. The third-order valence-corrected chi connectivity index (χ3v) is 8.29. The average molecular weight is 613 g/mol. The van der Waals surface area contributed by atoms with Gasteiger partial charge in [-0.15, -0.1) is 0 Å². The molecule has 44 heavy (non-hydrogen) atoms. The number of halogens is 2. The fourth-order valence-corrected chi connectivity index (χ4v) is 5.97. The Morgan fingerprint density at radius 1 is 1.16 bits per heavy atom. The molecular weight excluding hydrogens is 582 g/mol. The summed E-state index contributed by atoms with van der Waals surface area (Å²) in [6.07, 6.45) is 0.259. The quantitative estimate of drug-likeness (QED) is 0.407. The van der Waals surface area contributed by atoms with Crippen molar-refractivity contribution < 1.29 is 42.5 Å². The van der Waals surface area contributed by atoms with E-state index in [-0.39, 0.29) is 59.8 Å². The van der Waals surface area contributed by atoms with Gasteiger partial charge in [0.2, 0.25) is 5.43 Å². The molecular formula is C30H30F2N4O8. The number of carbonyl (C=O) groups excluding carboxylic acids is 2. The minimum absolute atomic E-state index is 0.0111. The van der Waals surface area contributed by atoms with Crippen molar-refractivity contribution in [3.8, 4) is 11.5 Å². The molecule has 4 heterocycles. The summed E-state index contributed by atoms with van der Waals surface area (Å²) >= 11 is 0. The second-order valence-corrected chi connectivity index (χ2v) is 11.3. The van der Waals surface area contributed by atoms with Crippen molar-refractivity contribution in [3.05, 3.63) is 57.9 Å². The Morgan fingerprint density at radius 3 is 2.64 bits per heavy atom. The number of ether oxygens (including phenoxy) is 3. The first-order chi connectivity index (χ1) is 20.9. The van der Waals surface area contributed by atoms with Gasteiger partial charge >= 0.3 is 12.1 Å². The molecule has 0 saturated carbocycles. The van der Waals surface area contributed by atoms with Gasteiger partial charge in [0, 0.05) is 18.8 Å². The third-order valence-electron chi connectivity index (χ3n) is 8.29. The minimum Gasteiger partial charge on any atom is -0.487 e. The highest BCUT2D eigenvalue weighted by Crippen LogP contribution is 2.43. The topological polar surface area (TPSA) is 154 Å². The van der Waals surface area contributed by atoms with Crippen LogP contribution in [0.25, 0.3) is 10.9 Å². The molecule has 3 N–H and O–H groups in total. The molecule has 0 radical (unpaired) electrons. The highest BCUT2D eigenvalue weighted by Gasteiger charge is 2.38. The van der Waals surface area contributed by atoms with Crippen LogP contribution in [-0.4, -0.2) is 72.0 Å². The van der Waals surface area contributed by atoms with E-state index >= 15 is 8.78 Å². The monoisotopic (exact) mass is 612 g/mol. The highest BCUT2D eigenvalue weighted by atomic mass is 19.1. The molecule has 3 aromatic rings. The van der Waals surface area contributed by atoms with Gasteiger partial charge in [-0.3, -0.25) is 14.5 Å². The maximum atomic E-state index is 15.7. The number of ketones is 1. The van der Waals surface area contributed by atoms with Gasteiger partial charge in [0.25, 0.3) is 0 Å². The Bertz CT molecular complexity index is 1760. The highest BCUT2D eigenvalue weighted by molar-refractivity contribution is 5.97. The van der Waals surface area contributed by atoms with Crippen LogP contribution >= 0.6 is 0 Å². The van der Waals surface area contributed by atoms with Crippen molar-refractivity contribution in [1.82, 2.24) is 4.57 Å². The van der Waals surface area contributed by atoms with Gasteiger partial charge in [-0.1, -0.05) is 0 Å². The van der Waals surface area contributed by atoms with Gasteiger partial charge in [-0.05, 0) is 44.9 Å². The van der Waals surface area contributed by atoms with E-state index in [4.69, 9.17) is 19.9 Å². The van der Waals surface area contributed by atoms with Crippen LogP contribution in [0.1, 0.15) is 43.1 Å². The molecule has 2 saturated heterocycles. The molecule has 14 heteroatoms. The van der Waals surface area contributed by atoms with Crippen LogP contribution in [0.2, 0.25) is 0 Å². The fourth-order valence-electron chi connectivity index (χ4n) is 5.97. The predicted molar refractivity (Wildman–Crippen MR) is 154 cm³/mol. The number of hydrogen-bond donors (Lipinski definition) is 2. The maximum Gasteiger partial charge on any atom is 0.414 e. The van der Waals surface area contributed by atoms with Gasteiger partial charge in [0.05, 0.1) is 35.7 Å². The summed E-state index contributed by atoms with van der Waals surface area (Å²) < 4.78 is 49.7. The van der Waals surface area contributed by atoms with E-state index in [9.17, 15) is 24.3 Å². The molecule has 2 aromatic carbocycles. The van der Waals surface area contributed by atoms with E-state index in [2.05, 4.69) is 0 Å².